The van der Waals surface area contributed by atoms with Crippen molar-refractivity contribution in [3.8, 4) is 16.9 Å². The van der Waals surface area contributed by atoms with E-state index in [1.807, 2.05) is 0 Å². The third-order valence-electron chi connectivity index (χ3n) is 6.75. The number of amides is 1. The van der Waals surface area contributed by atoms with E-state index < -0.39 is 71.0 Å². The van der Waals surface area contributed by atoms with E-state index in [0.29, 0.717) is 16.2 Å². The number of aromatic nitrogens is 2. The molecular weight excluding hydrogens is 565 g/mol. The summed E-state index contributed by atoms with van der Waals surface area (Å²) in [4.78, 5) is 39.2. The molecule has 1 amide bonds. The van der Waals surface area contributed by atoms with Crippen LogP contribution in [0.25, 0.3) is 11.1 Å². The molecule has 0 aliphatic heterocycles. The third kappa shape index (κ3) is 5.90. The van der Waals surface area contributed by atoms with E-state index in [0.717, 1.165) is 16.7 Å². The Kier molecular flexibility index (Phi) is 8.50. The van der Waals surface area contributed by atoms with Crippen LogP contribution < -0.4 is 21.3 Å². The van der Waals surface area contributed by atoms with Gasteiger partial charge in [0.25, 0.3) is 5.56 Å². The van der Waals surface area contributed by atoms with Crippen LogP contribution in [0.5, 0.6) is 5.75 Å². The second-order valence-electron chi connectivity index (χ2n) is 9.24. The number of benzene rings is 3. The summed E-state index contributed by atoms with van der Waals surface area (Å²) in [6.45, 7) is -0.358. The fraction of sp³-hybridized carbons (Fsp3) is 0.207. The molecule has 0 aliphatic rings. The Morgan fingerprint density at radius 1 is 0.976 bits per heavy atom. The Balaban J connectivity index is 2.03. The number of ether oxygens (including phenoxy) is 1. The summed E-state index contributed by atoms with van der Waals surface area (Å²) < 4.78 is 78.0. The summed E-state index contributed by atoms with van der Waals surface area (Å²) >= 11 is 0. The van der Waals surface area contributed by atoms with Gasteiger partial charge in [0.15, 0.2) is 11.6 Å². The standard InChI is InChI=1S/C29H24F5N3O5/c1-16-24(18-10-6-13-23(42-2)25(18)31)26(38)37(15-22(35-27(39)40)17-8-4-3-5-9-17)28(41)36(16)14-19-20(29(32,33)34)11-7-12-21(19)30/h3-13,22,35H,14-15H2,1-2H3,(H,39,40)/t22-/m0/s1. The van der Waals surface area contributed by atoms with Crippen LogP contribution in [0.4, 0.5) is 26.7 Å². The van der Waals surface area contributed by atoms with Crippen LogP contribution in [0, 0.1) is 18.6 Å². The maximum atomic E-state index is 15.4. The lowest BCUT2D eigenvalue weighted by Gasteiger charge is -2.23. The summed E-state index contributed by atoms with van der Waals surface area (Å²) in [5, 5.41) is 11.6. The van der Waals surface area contributed by atoms with Crippen LogP contribution in [-0.2, 0) is 19.3 Å². The Morgan fingerprint density at radius 2 is 1.64 bits per heavy atom. The number of carbonyl (C=O) groups is 1. The van der Waals surface area contributed by atoms with Crippen molar-refractivity contribution in [2.75, 3.05) is 7.11 Å². The lowest BCUT2D eigenvalue weighted by molar-refractivity contribution is -0.138. The normalized spacial score (nSPS) is 12.2. The van der Waals surface area contributed by atoms with Crippen LogP contribution in [0.1, 0.15) is 28.4 Å². The van der Waals surface area contributed by atoms with Crippen LogP contribution in [-0.4, -0.2) is 27.4 Å². The molecule has 8 nitrogen and oxygen atoms in total. The van der Waals surface area contributed by atoms with E-state index in [4.69, 9.17) is 4.74 Å². The fourth-order valence-corrected chi connectivity index (χ4v) is 4.71. The van der Waals surface area contributed by atoms with Gasteiger partial charge in [0.2, 0.25) is 0 Å². The van der Waals surface area contributed by atoms with Crippen LogP contribution in [0.15, 0.2) is 76.3 Å². The quantitative estimate of drug-likeness (QED) is 0.270. The van der Waals surface area contributed by atoms with Crippen molar-refractivity contribution in [2.45, 2.75) is 32.2 Å². The molecule has 0 radical (unpaired) electrons. The van der Waals surface area contributed by atoms with Crippen molar-refractivity contribution in [1.82, 2.24) is 14.5 Å². The van der Waals surface area contributed by atoms with Crippen LogP contribution in [0.2, 0.25) is 0 Å². The predicted octanol–water partition coefficient (Wildman–Crippen LogP) is 5.35. The molecule has 0 saturated carbocycles. The molecule has 0 aliphatic carbocycles. The summed E-state index contributed by atoms with van der Waals surface area (Å²) in [6.07, 6.45) is -6.46. The van der Waals surface area contributed by atoms with Gasteiger partial charge in [-0.1, -0.05) is 48.5 Å². The lowest BCUT2D eigenvalue weighted by atomic mass is 10.0. The molecule has 0 unspecified atom stereocenters. The first-order chi connectivity index (χ1) is 19.8. The van der Waals surface area contributed by atoms with Gasteiger partial charge < -0.3 is 15.2 Å². The van der Waals surface area contributed by atoms with Gasteiger partial charge in [0.05, 0.1) is 37.4 Å². The molecule has 0 bridgehead atoms. The Hall–Kier alpha value is -4.94. The van der Waals surface area contributed by atoms with Crippen molar-refractivity contribution in [1.29, 1.82) is 0 Å². The van der Waals surface area contributed by atoms with E-state index in [1.54, 1.807) is 18.2 Å². The molecule has 0 spiro atoms. The number of carboxylic acid groups (broad SMARTS) is 1. The number of halogens is 5. The first-order valence-electron chi connectivity index (χ1n) is 12.4. The summed E-state index contributed by atoms with van der Waals surface area (Å²) in [7, 11) is 1.19. The minimum absolute atomic E-state index is 0.243. The summed E-state index contributed by atoms with van der Waals surface area (Å²) in [5.41, 5.74) is -5.03. The van der Waals surface area contributed by atoms with Crippen molar-refractivity contribution in [2.24, 2.45) is 0 Å². The van der Waals surface area contributed by atoms with Crippen molar-refractivity contribution in [3.05, 3.63) is 122 Å². The zero-order chi connectivity index (χ0) is 30.8. The molecular formula is C29H24F5N3O5. The highest BCUT2D eigenvalue weighted by atomic mass is 19.4. The number of hydrogen-bond donors (Lipinski definition) is 2. The summed E-state index contributed by atoms with van der Waals surface area (Å²) in [6, 6.07) is 12.9. The molecule has 13 heteroatoms. The van der Waals surface area contributed by atoms with Crippen LogP contribution in [0.3, 0.4) is 0 Å². The van der Waals surface area contributed by atoms with Crippen LogP contribution >= 0.6 is 0 Å². The van der Waals surface area contributed by atoms with Gasteiger partial charge in [-0.15, -0.1) is 0 Å². The van der Waals surface area contributed by atoms with Crippen molar-refractivity contribution >= 4 is 6.09 Å². The maximum absolute atomic E-state index is 15.4. The number of hydrogen-bond acceptors (Lipinski definition) is 4. The SMILES string of the molecule is COc1cccc(-c2c(C)n(Cc3c(F)cccc3C(F)(F)F)c(=O)n(C[C@H](NC(=O)O)c3ccccc3)c2=O)c1F. The van der Waals surface area contributed by atoms with Gasteiger partial charge in [0, 0.05) is 16.8 Å². The van der Waals surface area contributed by atoms with Gasteiger partial charge in [0.1, 0.15) is 5.82 Å². The Morgan fingerprint density at radius 3 is 2.26 bits per heavy atom. The Labute approximate surface area is 235 Å². The molecule has 220 valence electrons. The fourth-order valence-electron chi connectivity index (χ4n) is 4.71. The van der Waals surface area contributed by atoms with E-state index in [1.165, 1.54) is 44.4 Å². The van der Waals surface area contributed by atoms with Gasteiger partial charge in [-0.3, -0.25) is 13.9 Å². The van der Waals surface area contributed by atoms with E-state index >= 15 is 4.39 Å². The second-order valence-corrected chi connectivity index (χ2v) is 9.24. The smallest absolute Gasteiger partial charge is 0.416 e. The molecule has 1 atom stereocenters. The highest BCUT2D eigenvalue weighted by Crippen LogP contribution is 2.34. The largest absolute Gasteiger partial charge is 0.494 e. The number of nitrogens with one attached hydrogen (secondary N) is 1. The minimum atomic E-state index is -4.98. The number of alkyl halides is 3. The van der Waals surface area contributed by atoms with Crippen molar-refractivity contribution in [3.63, 3.8) is 0 Å². The average molecular weight is 590 g/mol. The number of rotatable bonds is 8. The molecule has 2 N–H and O–H groups in total. The maximum Gasteiger partial charge on any atom is 0.416 e. The molecule has 1 heterocycles. The molecule has 1 aromatic heterocycles. The highest BCUT2D eigenvalue weighted by molar-refractivity contribution is 5.68. The first-order valence-corrected chi connectivity index (χ1v) is 12.4. The number of methoxy groups -OCH3 is 1. The Bertz CT molecular complexity index is 1750. The summed E-state index contributed by atoms with van der Waals surface area (Å²) in [5.74, 6) is -2.49. The molecule has 0 fully saturated rings. The van der Waals surface area contributed by atoms with E-state index in [9.17, 15) is 37.1 Å². The molecule has 4 rings (SSSR count). The zero-order valence-electron chi connectivity index (χ0n) is 22.2. The molecule has 42 heavy (non-hydrogen) atoms. The highest BCUT2D eigenvalue weighted by Gasteiger charge is 2.35. The number of nitrogens with zero attached hydrogens (tertiary/aromatic N) is 2. The van der Waals surface area contributed by atoms with Gasteiger partial charge in [-0.2, -0.15) is 13.2 Å². The molecule has 3 aromatic carbocycles. The molecule has 0 saturated heterocycles. The minimum Gasteiger partial charge on any atom is -0.494 e. The lowest BCUT2D eigenvalue weighted by Crippen LogP contribution is -2.45. The van der Waals surface area contributed by atoms with E-state index in [2.05, 4.69) is 5.32 Å². The topological polar surface area (TPSA) is 103 Å². The zero-order valence-corrected chi connectivity index (χ0v) is 22.2. The average Bonchev–Trinajstić information content (AvgIpc) is 2.94. The first kappa shape index (κ1) is 30.0. The van der Waals surface area contributed by atoms with Gasteiger partial charge in [-0.25, -0.2) is 18.4 Å². The predicted molar refractivity (Wildman–Crippen MR) is 142 cm³/mol. The van der Waals surface area contributed by atoms with E-state index in [-0.39, 0.29) is 17.0 Å². The molecule has 4 aromatic rings. The van der Waals surface area contributed by atoms with Gasteiger partial charge >= 0.3 is 18.0 Å². The monoisotopic (exact) mass is 589 g/mol. The second kappa shape index (κ2) is 11.9. The van der Waals surface area contributed by atoms with Crippen molar-refractivity contribution < 1.29 is 36.6 Å². The third-order valence-corrected chi connectivity index (χ3v) is 6.75. The van der Waals surface area contributed by atoms with Gasteiger partial charge in [-0.05, 0) is 30.7 Å².